The number of hydrogen-bond acceptors (Lipinski definition) is 3. The molecule has 0 aliphatic rings. The van der Waals surface area contributed by atoms with Crippen LogP contribution in [0, 0.1) is 6.92 Å². The number of sulfone groups is 1. The molecule has 0 aromatic heterocycles. The van der Waals surface area contributed by atoms with E-state index < -0.39 is 22.3 Å². The van der Waals surface area contributed by atoms with Gasteiger partial charge in [-0.1, -0.05) is 6.07 Å². The van der Waals surface area contributed by atoms with Crippen LogP contribution in [0.3, 0.4) is 0 Å². The highest BCUT2D eigenvalue weighted by Crippen LogP contribution is 2.20. The molecule has 0 aliphatic heterocycles. The zero-order valence-electron chi connectivity index (χ0n) is 7.83. The maximum atomic E-state index is 12.0. The van der Waals surface area contributed by atoms with E-state index in [1.807, 2.05) is 0 Å². The van der Waals surface area contributed by atoms with E-state index in [0.717, 1.165) is 5.56 Å². The first-order valence-electron chi connectivity index (χ1n) is 4.12. The molecule has 2 N–H and O–H groups in total. The third-order valence-electron chi connectivity index (χ3n) is 1.85. The maximum Gasteiger partial charge on any atom is 0.182 e. The number of hydrogen-bond donors (Lipinski definition) is 1. The Morgan fingerprint density at radius 1 is 1.43 bits per heavy atom. The molecule has 5 heteroatoms. The van der Waals surface area contributed by atoms with Crippen LogP contribution in [0.25, 0.3) is 0 Å². The van der Waals surface area contributed by atoms with Crippen molar-refractivity contribution in [3.8, 4) is 0 Å². The quantitative estimate of drug-likeness (QED) is 0.777. The van der Waals surface area contributed by atoms with E-state index in [0.29, 0.717) is 0 Å². The monoisotopic (exact) mass is 217 g/mol. The van der Waals surface area contributed by atoms with Crippen LogP contribution in [-0.2, 0) is 9.84 Å². The standard InChI is InChI=1S/C9H12FNO2S/c1-7-2-3-8(11)9(6-7)14(12,13)5-4-10/h2-3,6H,4-5,11H2,1H3. The molecular formula is C9H12FNO2S. The largest absolute Gasteiger partial charge is 0.398 e. The summed E-state index contributed by atoms with van der Waals surface area (Å²) in [5.41, 5.74) is 6.46. The lowest BCUT2D eigenvalue weighted by Gasteiger charge is -2.06. The summed E-state index contributed by atoms with van der Waals surface area (Å²) in [5.74, 6) is -0.513. The van der Waals surface area contributed by atoms with Gasteiger partial charge in [0.25, 0.3) is 0 Å². The summed E-state index contributed by atoms with van der Waals surface area (Å²) >= 11 is 0. The highest BCUT2D eigenvalue weighted by Gasteiger charge is 2.17. The lowest BCUT2D eigenvalue weighted by atomic mass is 10.2. The molecule has 0 amide bonds. The average Bonchev–Trinajstić information content (AvgIpc) is 2.09. The number of aryl methyl sites for hydroxylation is 1. The molecule has 0 saturated heterocycles. The third kappa shape index (κ3) is 2.23. The van der Waals surface area contributed by atoms with E-state index in [9.17, 15) is 12.8 Å². The fourth-order valence-electron chi connectivity index (χ4n) is 1.12. The number of nitrogen functional groups attached to an aromatic ring is 1. The fourth-order valence-corrected chi connectivity index (χ4v) is 2.34. The molecule has 0 radical (unpaired) electrons. The molecule has 78 valence electrons. The zero-order valence-corrected chi connectivity index (χ0v) is 8.64. The van der Waals surface area contributed by atoms with Crippen LogP contribution in [0.4, 0.5) is 10.1 Å². The van der Waals surface area contributed by atoms with Gasteiger partial charge < -0.3 is 5.73 Å². The van der Waals surface area contributed by atoms with Crippen LogP contribution >= 0.6 is 0 Å². The van der Waals surface area contributed by atoms with Crippen LogP contribution in [0.1, 0.15) is 5.56 Å². The normalized spacial score (nSPS) is 11.6. The molecule has 0 bridgehead atoms. The van der Waals surface area contributed by atoms with Gasteiger partial charge in [-0.3, -0.25) is 0 Å². The number of nitrogens with two attached hydrogens (primary N) is 1. The van der Waals surface area contributed by atoms with E-state index in [1.165, 1.54) is 12.1 Å². The molecule has 3 nitrogen and oxygen atoms in total. The van der Waals surface area contributed by atoms with Crippen molar-refractivity contribution in [3.63, 3.8) is 0 Å². The Balaban J connectivity index is 3.25. The summed E-state index contributed by atoms with van der Waals surface area (Å²) in [4.78, 5) is 0.0233. The van der Waals surface area contributed by atoms with E-state index in [1.54, 1.807) is 13.0 Å². The van der Waals surface area contributed by atoms with Gasteiger partial charge in [-0.15, -0.1) is 0 Å². The molecule has 0 aliphatic carbocycles. The summed E-state index contributed by atoms with van der Waals surface area (Å²) in [6.45, 7) is 0.865. The second-order valence-corrected chi connectivity index (χ2v) is 5.13. The molecule has 0 atom stereocenters. The lowest BCUT2D eigenvalue weighted by molar-refractivity contribution is 0.517. The summed E-state index contributed by atoms with van der Waals surface area (Å²) in [6.07, 6.45) is 0. The van der Waals surface area contributed by atoms with Gasteiger partial charge in [0.05, 0.1) is 16.3 Å². The summed E-state index contributed by atoms with van der Waals surface area (Å²) in [5, 5.41) is 0. The summed E-state index contributed by atoms with van der Waals surface area (Å²) < 4.78 is 35.0. The first kappa shape index (κ1) is 11.0. The molecule has 1 rings (SSSR count). The minimum absolute atomic E-state index is 0.0233. The van der Waals surface area contributed by atoms with Crippen LogP contribution in [0.2, 0.25) is 0 Å². The van der Waals surface area contributed by atoms with Crippen molar-refractivity contribution in [2.24, 2.45) is 0 Å². The molecule has 0 heterocycles. The topological polar surface area (TPSA) is 60.2 Å². The molecule has 0 fully saturated rings. The van der Waals surface area contributed by atoms with Gasteiger partial charge in [0, 0.05) is 0 Å². The van der Waals surface area contributed by atoms with Crippen LogP contribution in [0.15, 0.2) is 23.1 Å². The summed E-state index contributed by atoms with van der Waals surface area (Å²) in [7, 11) is -3.56. The Kier molecular flexibility index (Phi) is 3.10. The van der Waals surface area contributed by atoms with Crippen molar-refractivity contribution in [2.45, 2.75) is 11.8 Å². The Bertz CT molecular complexity index is 428. The number of anilines is 1. The molecule has 0 spiro atoms. The van der Waals surface area contributed by atoms with Gasteiger partial charge in [-0.05, 0) is 24.6 Å². The van der Waals surface area contributed by atoms with Crippen LogP contribution < -0.4 is 5.73 Å². The van der Waals surface area contributed by atoms with Crippen molar-refractivity contribution >= 4 is 15.5 Å². The number of benzene rings is 1. The number of halogens is 1. The van der Waals surface area contributed by atoms with Crippen molar-refractivity contribution in [3.05, 3.63) is 23.8 Å². The predicted molar refractivity (Wildman–Crippen MR) is 53.6 cm³/mol. The lowest BCUT2D eigenvalue weighted by Crippen LogP contribution is -2.10. The van der Waals surface area contributed by atoms with Gasteiger partial charge in [0.1, 0.15) is 6.67 Å². The minimum Gasteiger partial charge on any atom is -0.398 e. The van der Waals surface area contributed by atoms with Gasteiger partial charge in [-0.2, -0.15) is 0 Å². The van der Waals surface area contributed by atoms with E-state index in [-0.39, 0.29) is 10.6 Å². The molecule has 1 aromatic carbocycles. The zero-order chi connectivity index (χ0) is 10.8. The first-order chi connectivity index (χ1) is 6.47. The van der Waals surface area contributed by atoms with Crippen molar-refractivity contribution in [2.75, 3.05) is 18.2 Å². The molecular weight excluding hydrogens is 205 g/mol. The first-order valence-corrected chi connectivity index (χ1v) is 5.77. The number of rotatable bonds is 3. The summed E-state index contributed by atoms with van der Waals surface area (Å²) in [6, 6.07) is 4.69. The Labute approximate surface area is 82.7 Å². The predicted octanol–water partition coefficient (Wildman–Crippen LogP) is 1.32. The maximum absolute atomic E-state index is 12.0. The van der Waals surface area contributed by atoms with E-state index in [4.69, 9.17) is 5.73 Å². The van der Waals surface area contributed by atoms with Crippen molar-refractivity contribution < 1.29 is 12.8 Å². The number of alkyl halides is 1. The Hall–Kier alpha value is -1.10. The van der Waals surface area contributed by atoms with Crippen molar-refractivity contribution in [1.82, 2.24) is 0 Å². The van der Waals surface area contributed by atoms with Gasteiger partial charge in [0.15, 0.2) is 9.84 Å². The second-order valence-electron chi connectivity index (χ2n) is 3.05. The van der Waals surface area contributed by atoms with Gasteiger partial charge in [0.2, 0.25) is 0 Å². The molecule has 1 aromatic rings. The van der Waals surface area contributed by atoms with Crippen molar-refractivity contribution in [1.29, 1.82) is 0 Å². The highest BCUT2D eigenvalue weighted by atomic mass is 32.2. The van der Waals surface area contributed by atoms with Gasteiger partial charge in [-0.25, -0.2) is 12.8 Å². The van der Waals surface area contributed by atoms with E-state index in [2.05, 4.69) is 0 Å². The molecule has 0 saturated carbocycles. The second kappa shape index (κ2) is 3.96. The Morgan fingerprint density at radius 2 is 2.07 bits per heavy atom. The minimum atomic E-state index is -3.56. The molecule has 0 unspecified atom stereocenters. The molecule has 14 heavy (non-hydrogen) atoms. The van der Waals surface area contributed by atoms with Crippen LogP contribution in [-0.4, -0.2) is 20.8 Å². The smallest absolute Gasteiger partial charge is 0.182 e. The highest BCUT2D eigenvalue weighted by molar-refractivity contribution is 7.91. The van der Waals surface area contributed by atoms with Gasteiger partial charge >= 0.3 is 0 Å². The average molecular weight is 217 g/mol. The SMILES string of the molecule is Cc1ccc(N)c(S(=O)(=O)CCF)c1. The fraction of sp³-hybridized carbons (Fsp3) is 0.333. The van der Waals surface area contributed by atoms with Crippen LogP contribution in [0.5, 0.6) is 0 Å². The Morgan fingerprint density at radius 3 is 2.64 bits per heavy atom. The van der Waals surface area contributed by atoms with E-state index >= 15 is 0 Å². The third-order valence-corrected chi connectivity index (χ3v) is 3.57.